The van der Waals surface area contributed by atoms with Gasteiger partial charge in [0.15, 0.2) is 5.82 Å². The van der Waals surface area contributed by atoms with Crippen LogP contribution in [0, 0.1) is 5.92 Å². The highest BCUT2D eigenvalue weighted by Crippen LogP contribution is 2.43. The molecule has 0 saturated heterocycles. The maximum absolute atomic E-state index is 12.8. The number of fused-ring (bicyclic) bond motifs is 2. The Kier molecular flexibility index (Phi) is 5.16. The number of aromatic nitrogens is 5. The number of hydrogen-bond acceptors (Lipinski definition) is 6. The van der Waals surface area contributed by atoms with Crippen molar-refractivity contribution < 1.29 is 4.79 Å². The number of para-hydroxylation sites is 1. The van der Waals surface area contributed by atoms with Crippen molar-refractivity contribution >= 4 is 33.7 Å². The van der Waals surface area contributed by atoms with Gasteiger partial charge >= 0.3 is 0 Å². The maximum atomic E-state index is 12.8. The number of carbonyl (C=O) groups excluding carboxylic acids is 1. The van der Waals surface area contributed by atoms with Gasteiger partial charge in [0, 0.05) is 23.7 Å². The molecule has 3 heterocycles. The maximum Gasteiger partial charge on any atom is 0.289 e. The molecule has 1 unspecified atom stereocenters. The summed E-state index contributed by atoms with van der Waals surface area (Å²) in [6.45, 7) is 4.27. The summed E-state index contributed by atoms with van der Waals surface area (Å²) in [5.74, 6) is 1.13. The first kappa shape index (κ1) is 21.0. The Morgan fingerprint density at radius 2 is 1.94 bits per heavy atom. The number of carbonyl (C=O) groups is 1. The van der Waals surface area contributed by atoms with E-state index in [0.717, 1.165) is 54.1 Å². The number of benzene rings is 1. The molecule has 1 aromatic carbocycles. The number of hydrogen-bond donors (Lipinski definition) is 2. The Bertz CT molecular complexity index is 1370. The van der Waals surface area contributed by atoms with Crippen LogP contribution in [0.2, 0.25) is 0 Å². The first-order chi connectivity index (χ1) is 16.6. The van der Waals surface area contributed by atoms with Crippen LogP contribution in [0.5, 0.6) is 0 Å². The molecule has 8 nitrogen and oxygen atoms in total. The van der Waals surface area contributed by atoms with E-state index in [4.69, 9.17) is 9.97 Å². The molecule has 2 aliphatic rings. The van der Waals surface area contributed by atoms with Gasteiger partial charge in [0.2, 0.25) is 5.82 Å². The predicted molar refractivity (Wildman–Crippen MR) is 132 cm³/mol. The molecule has 2 fully saturated rings. The lowest BCUT2D eigenvalue weighted by Gasteiger charge is -2.21. The summed E-state index contributed by atoms with van der Waals surface area (Å²) in [4.78, 5) is 26.9. The van der Waals surface area contributed by atoms with Crippen LogP contribution in [0.25, 0.3) is 21.9 Å². The van der Waals surface area contributed by atoms with Gasteiger partial charge in [-0.3, -0.25) is 14.5 Å². The third-order valence-electron chi connectivity index (χ3n) is 6.92. The normalized spacial score (nSPS) is 17.6. The van der Waals surface area contributed by atoms with E-state index in [2.05, 4.69) is 46.7 Å². The van der Waals surface area contributed by atoms with Gasteiger partial charge < -0.3 is 10.6 Å². The second-order valence-electron chi connectivity index (χ2n) is 9.64. The van der Waals surface area contributed by atoms with E-state index in [1.54, 1.807) is 6.20 Å². The van der Waals surface area contributed by atoms with Crippen molar-refractivity contribution in [2.24, 2.45) is 5.92 Å². The minimum absolute atomic E-state index is 0.0508. The second kappa shape index (κ2) is 8.34. The van der Waals surface area contributed by atoms with Crippen molar-refractivity contribution in [1.29, 1.82) is 0 Å². The van der Waals surface area contributed by atoms with Gasteiger partial charge in [0.05, 0.1) is 17.8 Å². The van der Waals surface area contributed by atoms with E-state index >= 15 is 0 Å². The molecule has 0 radical (unpaired) electrons. The van der Waals surface area contributed by atoms with Crippen LogP contribution < -0.4 is 10.6 Å². The van der Waals surface area contributed by atoms with Gasteiger partial charge in [0.25, 0.3) is 5.91 Å². The van der Waals surface area contributed by atoms with Gasteiger partial charge in [-0.2, -0.15) is 5.10 Å². The van der Waals surface area contributed by atoms with Crippen LogP contribution in [0.1, 0.15) is 74.2 Å². The molecule has 0 spiro atoms. The molecular formula is C26H29N7O. The van der Waals surface area contributed by atoms with Crippen molar-refractivity contribution in [3.8, 4) is 0 Å². The van der Waals surface area contributed by atoms with E-state index in [-0.39, 0.29) is 29.9 Å². The Morgan fingerprint density at radius 3 is 2.71 bits per heavy atom. The lowest BCUT2D eigenvalue weighted by molar-refractivity contribution is 0.0941. The molecule has 2 aliphatic carbocycles. The predicted octanol–water partition coefficient (Wildman–Crippen LogP) is 4.80. The van der Waals surface area contributed by atoms with Crippen LogP contribution in [-0.2, 0) is 0 Å². The van der Waals surface area contributed by atoms with Crippen LogP contribution in [-0.4, -0.2) is 36.7 Å². The number of nitrogens with zero attached hydrogens (tertiary/aromatic N) is 5. The molecule has 3 aromatic heterocycles. The number of nitrogens with one attached hydrogen (secondary N) is 2. The van der Waals surface area contributed by atoms with Gasteiger partial charge in [-0.05, 0) is 62.6 Å². The van der Waals surface area contributed by atoms with Crippen LogP contribution in [0.15, 0.2) is 42.7 Å². The smallest absolute Gasteiger partial charge is 0.289 e. The van der Waals surface area contributed by atoms with Crippen LogP contribution in [0.4, 0.5) is 5.82 Å². The van der Waals surface area contributed by atoms with E-state index in [0.29, 0.717) is 17.3 Å². The fraction of sp³-hybridized carbons (Fsp3) is 0.423. The van der Waals surface area contributed by atoms with E-state index in [9.17, 15) is 4.79 Å². The van der Waals surface area contributed by atoms with E-state index < -0.39 is 0 Å². The molecule has 0 bridgehead atoms. The van der Waals surface area contributed by atoms with Gasteiger partial charge in [-0.25, -0.2) is 9.97 Å². The fourth-order valence-corrected chi connectivity index (χ4v) is 4.46. The average Bonchev–Trinajstić information content (AvgIpc) is 3.80. The summed E-state index contributed by atoms with van der Waals surface area (Å²) in [6.07, 6.45) is 8.97. The Balaban J connectivity index is 1.43. The molecule has 0 aliphatic heterocycles. The van der Waals surface area contributed by atoms with Crippen molar-refractivity contribution in [2.45, 2.75) is 64.1 Å². The van der Waals surface area contributed by atoms with Crippen molar-refractivity contribution in [3.63, 3.8) is 0 Å². The van der Waals surface area contributed by atoms with Crippen molar-refractivity contribution in [1.82, 2.24) is 30.0 Å². The van der Waals surface area contributed by atoms with Gasteiger partial charge in [0.1, 0.15) is 11.0 Å². The van der Waals surface area contributed by atoms with Crippen LogP contribution in [0.3, 0.4) is 0 Å². The van der Waals surface area contributed by atoms with Gasteiger partial charge in [-0.1, -0.05) is 25.1 Å². The van der Waals surface area contributed by atoms with Crippen molar-refractivity contribution in [2.75, 3.05) is 5.32 Å². The zero-order chi connectivity index (χ0) is 23.2. The summed E-state index contributed by atoms with van der Waals surface area (Å²) in [7, 11) is 0. The summed E-state index contributed by atoms with van der Waals surface area (Å²) in [6, 6.07) is 10.9. The topological polar surface area (TPSA) is 97.6 Å². The minimum atomic E-state index is -0.223. The number of anilines is 1. The van der Waals surface area contributed by atoms with Crippen LogP contribution >= 0.6 is 0 Å². The fourth-order valence-electron chi connectivity index (χ4n) is 4.46. The third kappa shape index (κ3) is 3.97. The molecular weight excluding hydrogens is 426 g/mol. The highest BCUT2D eigenvalue weighted by atomic mass is 16.2. The minimum Gasteiger partial charge on any atom is -0.361 e. The monoisotopic (exact) mass is 455 g/mol. The van der Waals surface area contributed by atoms with Crippen molar-refractivity contribution in [3.05, 3.63) is 54.1 Å². The molecule has 8 heteroatoms. The Morgan fingerprint density at radius 1 is 1.12 bits per heavy atom. The Hall–Kier alpha value is -3.55. The SMILES string of the molecule is CCC(C)n1ncc2nc(C(=O)NC3CC3)nc(N[C@@H](c3cnc4ccccc4c3)C3CC3)c21. The number of amides is 1. The lowest BCUT2D eigenvalue weighted by Crippen LogP contribution is -2.28. The number of pyridine rings is 1. The highest BCUT2D eigenvalue weighted by molar-refractivity contribution is 5.95. The average molecular weight is 456 g/mol. The molecule has 1 amide bonds. The quantitative estimate of drug-likeness (QED) is 0.396. The molecule has 4 aromatic rings. The Labute approximate surface area is 198 Å². The standard InChI is InChI=1S/C26H29N7O/c1-3-15(2)33-23-21(14-28-33)30-25(26(34)29-19-10-11-19)32-24(23)31-22(16-8-9-16)18-12-17-6-4-5-7-20(17)27-13-18/h4-7,12-16,19,22H,3,8-11H2,1-2H3,(H,29,34)(H,30,31,32)/t15?,22-/m1/s1. The largest absolute Gasteiger partial charge is 0.361 e. The van der Waals surface area contributed by atoms with Gasteiger partial charge in [-0.15, -0.1) is 0 Å². The second-order valence-corrected chi connectivity index (χ2v) is 9.64. The highest BCUT2D eigenvalue weighted by Gasteiger charge is 2.34. The first-order valence-corrected chi connectivity index (χ1v) is 12.3. The summed E-state index contributed by atoms with van der Waals surface area (Å²) in [5.41, 5.74) is 3.65. The zero-order valence-electron chi connectivity index (χ0n) is 19.5. The third-order valence-corrected chi connectivity index (χ3v) is 6.92. The van der Waals surface area contributed by atoms with E-state index in [1.807, 2.05) is 29.1 Å². The number of rotatable bonds is 8. The zero-order valence-corrected chi connectivity index (χ0v) is 19.5. The summed E-state index contributed by atoms with van der Waals surface area (Å²) in [5, 5.41) is 12.4. The molecule has 2 atom stereocenters. The van der Waals surface area contributed by atoms with E-state index in [1.165, 1.54) is 0 Å². The molecule has 34 heavy (non-hydrogen) atoms. The molecule has 2 saturated carbocycles. The molecule has 174 valence electrons. The molecule has 6 rings (SSSR count). The lowest BCUT2D eigenvalue weighted by atomic mass is 10.0. The summed E-state index contributed by atoms with van der Waals surface area (Å²) >= 11 is 0. The first-order valence-electron chi connectivity index (χ1n) is 12.3. The summed E-state index contributed by atoms with van der Waals surface area (Å²) < 4.78 is 1.98. The molecule has 2 N–H and O–H groups in total.